The lowest BCUT2D eigenvalue weighted by molar-refractivity contribution is -0.236. The zero-order valence-electron chi connectivity index (χ0n) is 16.2. The van der Waals surface area contributed by atoms with Crippen molar-refractivity contribution in [2.75, 3.05) is 26.2 Å². The second-order valence-corrected chi connectivity index (χ2v) is 7.44. The van der Waals surface area contributed by atoms with Gasteiger partial charge in [-0.2, -0.15) is 0 Å². The summed E-state index contributed by atoms with van der Waals surface area (Å²) in [6, 6.07) is 0. The van der Waals surface area contributed by atoms with E-state index >= 15 is 0 Å². The molecule has 1 fully saturated rings. The molecule has 0 aliphatic carbocycles. The highest BCUT2D eigenvalue weighted by molar-refractivity contribution is 9.09. The average Bonchev–Trinajstić information content (AvgIpc) is 2.66. The summed E-state index contributed by atoms with van der Waals surface area (Å²) in [5.41, 5.74) is 0. The molecule has 158 valence electrons. The van der Waals surface area contributed by atoms with Gasteiger partial charge in [-0.15, -0.1) is 11.6 Å². The molecular weight excluding hydrogens is 444 g/mol. The SMILES string of the molecule is CCCCOC1[C@H](Br)OC(CC(=O)OC)[C@@H](OC(=O)CCl)[C@@H]1OCCCC. The highest BCUT2D eigenvalue weighted by atomic mass is 79.9. The third kappa shape index (κ3) is 8.23. The van der Waals surface area contributed by atoms with E-state index in [9.17, 15) is 9.59 Å². The molecule has 0 spiro atoms. The Morgan fingerprint density at radius 3 is 2.11 bits per heavy atom. The molecule has 0 radical (unpaired) electrons. The maximum absolute atomic E-state index is 11.9. The summed E-state index contributed by atoms with van der Waals surface area (Å²) in [5, 5.41) is -0.512. The minimum Gasteiger partial charge on any atom is -0.469 e. The number of carbonyl (C=O) groups is 2. The number of alkyl halides is 2. The maximum Gasteiger partial charge on any atom is 0.321 e. The first-order chi connectivity index (χ1) is 13.0. The molecule has 0 aromatic rings. The Hall–Kier alpha value is -0.410. The van der Waals surface area contributed by atoms with E-state index in [0.29, 0.717) is 13.2 Å². The minimum absolute atomic E-state index is 0.0752. The van der Waals surface area contributed by atoms with Gasteiger partial charge in [0.2, 0.25) is 0 Å². The van der Waals surface area contributed by atoms with E-state index in [-0.39, 0.29) is 12.3 Å². The van der Waals surface area contributed by atoms with E-state index < -0.39 is 41.4 Å². The Bertz CT molecular complexity index is 451. The van der Waals surface area contributed by atoms with Gasteiger partial charge < -0.3 is 23.7 Å². The van der Waals surface area contributed by atoms with Crippen LogP contribution in [0.2, 0.25) is 0 Å². The highest BCUT2D eigenvalue weighted by Gasteiger charge is 2.49. The third-order valence-electron chi connectivity index (χ3n) is 4.17. The number of unbranched alkanes of at least 4 members (excludes halogenated alkanes) is 2. The summed E-state index contributed by atoms with van der Waals surface area (Å²) in [4.78, 5) is 23.7. The van der Waals surface area contributed by atoms with E-state index in [0.717, 1.165) is 25.7 Å². The van der Waals surface area contributed by atoms with Crippen molar-refractivity contribution in [1.82, 2.24) is 0 Å². The summed E-state index contributed by atoms with van der Waals surface area (Å²) in [5.74, 6) is -1.38. The van der Waals surface area contributed by atoms with E-state index in [1.165, 1.54) is 7.11 Å². The van der Waals surface area contributed by atoms with E-state index in [2.05, 4.69) is 29.8 Å². The van der Waals surface area contributed by atoms with Crippen LogP contribution in [-0.4, -0.2) is 67.6 Å². The lowest BCUT2D eigenvalue weighted by Gasteiger charge is -2.44. The van der Waals surface area contributed by atoms with Crippen LogP contribution in [0.25, 0.3) is 0 Å². The van der Waals surface area contributed by atoms with Crippen molar-refractivity contribution in [3.63, 3.8) is 0 Å². The zero-order chi connectivity index (χ0) is 20.2. The van der Waals surface area contributed by atoms with Gasteiger partial charge in [0.1, 0.15) is 29.2 Å². The molecular formula is C18H30BrClO7. The normalized spacial score (nSPS) is 28.0. The van der Waals surface area contributed by atoms with Crippen molar-refractivity contribution in [3.8, 4) is 0 Å². The highest BCUT2D eigenvalue weighted by Crippen LogP contribution is 2.33. The van der Waals surface area contributed by atoms with Crippen LogP contribution in [0.15, 0.2) is 0 Å². The second-order valence-electron chi connectivity index (χ2n) is 6.27. The Morgan fingerprint density at radius 1 is 1.00 bits per heavy atom. The Balaban J connectivity index is 3.03. The molecule has 9 heteroatoms. The van der Waals surface area contributed by atoms with Crippen LogP contribution in [-0.2, 0) is 33.3 Å². The van der Waals surface area contributed by atoms with Gasteiger partial charge in [-0.25, -0.2) is 0 Å². The zero-order valence-corrected chi connectivity index (χ0v) is 18.5. The molecule has 2 unspecified atom stereocenters. The van der Waals surface area contributed by atoms with Gasteiger partial charge in [-0.3, -0.25) is 9.59 Å². The van der Waals surface area contributed by atoms with E-state index in [1.807, 2.05) is 0 Å². The van der Waals surface area contributed by atoms with Gasteiger partial charge >= 0.3 is 11.9 Å². The molecule has 0 aromatic heterocycles. The summed E-state index contributed by atoms with van der Waals surface area (Å²) in [6.45, 7) is 5.13. The van der Waals surface area contributed by atoms with Gasteiger partial charge in [0, 0.05) is 13.2 Å². The molecule has 0 aromatic carbocycles. The monoisotopic (exact) mass is 472 g/mol. The first-order valence-corrected chi connectivity index (χ1v) is 10.8. The van der Waals surface area contributed by atoms with Crippen LogP contribution >= 0.6 is 27.5 Å². The Kier molecular flexibility index (Phi) is 12.5. The fourth-order valence-corrected chi connectivity index (χ4v) is 3.49. The van der Waals surface area contributed by atoms with Crippen LogP contribution < -0.4 is 0 Å². The number of rotatable bonds is 12. The largest absolute Gasteiger partial charge is 0.469 e. The molecule has 0 saturated carbocycles. The number of ether oxygens (including phenoxy) is 5. The van der Waals surface area contributed by atoms with Crippen LogP contribution in [0.5, 0.6) is 0 Å². The predicted octanol–water partition coefficient (Wildman–Crippen LogP) is 3.19. The van der Waals surface area contributed by atoms with Crippen LogP contribution in [0.1, 0.15) is 46.0 Å². The van der Waals surface area contributed by atoms with Gasteiger partial charge in [0.15, 0.2) is 6.10 Å². The van der Waals surface area contributed by atoms with Crippen molar-refractivity contribution in [2.45, 2.75) is 75.4 Å². The first kappa shape index (κ1) is 24.6. The number of esters is 2. The number of hydrogen-bond acceptors (Lipinski definition) is 7. The quantitative estimate of drug-likeness (QED) is 0.245. The fraction of sp³-hybridized carbons (Fsp3) is 0.889. The maximum atomic E-state index is 11.9. The summed E-state index contributed by atoms with van der Waals surface area (Å²) in [7, 11) is 1.29. The average molecular weight is 474 g/mol. The predicted molar refractivity (Wildman–Crippen MR) is 104 cm³/mol. The molecule has 1 saturated heterocycles. The minimum atomic E-state index is -0.826. The smallest absolute Gasteiger partial charge is 0.321 e. The first-order valence-electron chi connectivity index (χ1n) is 9.33. The molecule has 1 aliphatic heterocycles. The number of carbonyl (C=O) groups excluding carboxylic acids is 2. The van der Waals surface area contributed by atoms with Gasteiger partial charge in [-0.1, -0.05) is 42.6 Å². The summed E-state index contributed by atoms with van der Waals surface area (Å²) in [6.07, 6.45) is 0.966. The summed E-state index contributed by atoms with van der Waals surface area (Å²) < 4.78 is 28.1. The van der Waals surface area contributed by atoms with Gasteiger partial charge in [0.05, 0.1) is 13.5 Å². The van der Waals surface area contributed by atoms with Crippen molar-refractivity contribution in [3.05, 3.63) is 0 Å². The second kappa shape index (κ2) is 13.7. The Morgan fingerprint density at radius 2 is 1.59 bits per heavy atom. The fourth-order valence-electron chi connectivity index (χ4n) is 2.70. The van der Waals surface area contributed by atoms with Crippen LogP contribution in [0, 0.1) is 0 Å². The lowest BCUT2D eigenvalue weighted by atomic mass is 9.97. The van der Waals surface area contributed by atoms with Crippen molar-refractivity contribution >= 4 is 39.5 Å². The van der Waals surface area contributed by atoms with Crippen molar-refractivity contribution in [1.29, 1.82) is 0 Å². The van der Waals surface area contributed by atoms with Crippen molar-refractivity contribution in [2.24, 2.45) is 0 Å². The van der Waals surface area contributed by atoms with Crippen LogP contribution in [0.3, 0.4) is 0 Å². The molecule has 27 heavy (non-hydrogen) atoms. The number of methoxy groups -OCH3 is 1. The summed E-state index contributed by atoms with van der Waals surface area (Å²) >= 11 is 9.08. The van der Waals surface area contributed by atoms with E-state index in [1.54, 1.807) is 0 Å². The standard InChI is InChI=1S/C18H30BrClO7/c1-4-6-8-24-16-15(27-14(22)11-20)12(10-13(21)23-3)26-18(19)17(16)25-9-7-5-2/h12,15-18H,4-11H2,1-3H3/t12?,15-,16+,17?,18-/m1/s1. The van der Waals surface area contributed by atoms with Gasteiger partial charge in [0.25, 0.3) is 0 Å². The lowest BCUT2D eigenvalue weighted by Crippen LogP contribution is -2.59. The molecule has 1 rings (SSSR count). The van der Waals surface area contributed by atoms with E-state index in [4.69, 9.17) is 35.3 Å². The van der Waals surface area contributed by atoms with Crippen molar-refractivity contribution < 1.29 is 33.3 Å². The molecule has 0 bridgehead atoms. The molecule has 0 amide bonds. The molecule has 5 atom stereocenters. The number of halogens is 2. The number of hydrogen-bond donors (Lipinski definition) is 0. The third-order valence-corrected chi connectivity index (χ3v) is 5.12. The Labute approximate surface area is 174 Å². The topological polar surface area (TPSA) is 80.3 Å². The molecule has 0 N–H and O–H groups in total. The van der Waals surface area contributed by atoms with Gasteiger partial charge in [-0.05, 0) is 12.8 Å². The van der Waals surface area contributed by atoms with Crippen LogP contribution in [0.4, 0.5) is 0 Å². The molecule has 1 heterocycles. The molecule has 7 nitrogen and oxygen atoms in total. The molecule has 1 aliphatic rings.